The van der Waals surface area contributed by atoms with E-state index in [0.29, 0.717) is 23.0 Å². The molecule has 0 bridgehead atoms. The van der Waals surface area contributed by atoms with Gasteiger partial charge in [-0.1, -0.05) is 55.7 Å². The van der Waals surface area contributed by atoms with Crippen LogP contribution in [0, 0.1) is 0 Å². The lowest BCUT2D eigenvalue weighted by atomic mass is 9.94. The van der Waals surface area contributed by atoms with Crippen LogP contribution in [-0.4, -0.2) is 21.6 Å². The first-order valence-corrected chi connectivity index (χ1v) is 14.6. The minimum absolute atomic E-state index is 0.434. The van der Waals surface area contributed by atoms with Crippen molar-refractivity contribution in [3.63, 3.8) is 0 Å². The molecular weight excluding hydrogens is 547 g/mol. The van der Waals surface area contributed by atoms with Gasteiger partial charge in [0.25, 0.3) is 0 Å². The molecule has 1 saturated carbocycles. The Hall–Kier alpha value is -4.65. The van der Waals surface area contributed by atoms with Crippen molar-refractivity contribution < 1.29 is 17.9 Å². The number of hydrogen-bond acceptors (Lipinski definition) is 3. The van der Waals surface area contributed by atoms with Gasteiger partial charge in [-0.05, 0) is 84.6 Å². The molecule has 7 rings (SSSR count). The summed E-state index contributed by atoms with van der Waals surface area (Å²) in [4.78, 5) is 10.1. The van der Waals surface area contributed by atoms with Gasteiger partial charge in [-0.2, -0.15) is 13.2 Å². The number of halogens is 3. The number of pyridine rings is 1. The second kappa shape index (κ2) is 10.9. The number of rotatable bonds is 5. The van der Waals surface area contributed by atoms with Crippen molar-refractivity contribution in [2.24, 2.45) is 0 Å². The van der Waals surface area contributed by atoms with Gasteiger partial charge in [0, 0.05) is 22.6 Å². The maximum absolute atomic E-state index is 13.2. The monoisotopic (exact) mass is 577 g/mol. The number of hydrogen-bond donors (Lipinski definition) is 0. The fraction of sp³-hybridized carbons (Fsp3) is 0.222. The summed E-state index contributed by atoms with van der Waals surface area (Å²) in [6.45, 7) is 0. The number of alkyl halides is 3. The second-order valence-corrected chi connectivity index (χ2v) is 11.2. The lowest BCUT2D eigenvalue weighted by Crippen LogP contribution is -2.13. The standard InChI is InChI=1S/C36H30F3N3O/c1-43-28-17-18-29(23-11-15-26(16-12-23)36(37,38)39)30(22-28)32-20-13-24-21-25(14-19-31(24)40-32)35-41-33-9-5-6-10-34(33)42(35)27-7-3-2-4-8-27/h5-6,9-22,27H,2-4,7-8H2,1H3. The van der Waals surface area contributed by atoms with E-state index in [1.165, 1.54) is 36.9 Å². The summed E-state index contributed by atoms with van der Waals surface area (Å²) >= 11 is 0. The second-order valence-electron chi connectivity index (χ2n) is 11.2. The highest BCUT2D eigenvalue weighted by Gasteiger charge is 2.30. The molecule has 0 radical (unpaired) electrons. The molecule has 0 N–H and O–H groups in total. The average molecular weight is 578 g/mol. The number of methoxy groups -OCH3 is 1. The van der Waals surface area contributed by atoms with Crippen LogP contribution in [0.4, 0.5) is 13.2 Å². The first-order chi connectivity index (χ1) is 20.9. The number of fused-ring (bicyclic) bond motifs is 2. The summed E-state index contributed by atoms with van der Waals surface area (Å²) < 4.78 is 47.5. The van der Waals surface area contributed by atoms with E-state index in [4.69, 9.17) is 14.7 Å². The highest BCUT2D eigenvalue weighted by Crippen LogP contribution is 2.39. The molecule has 43 heavy (non-hydrogen) atoms. The Bertz CT molecular complexity index is 1940. The van der Waals surface area contributed by atoms with E-state index >= 15 is 0 Å². The van der Waals surface area contributed by atoms with Crippen LogP contribution in [0.15, 0.2) is 97.1 Å². The van der Waals surface area contributed by atoms with Crippen LogP contribution >= 0.6 is 0 Å². The number of ether oxygens (including phenoxy) is 1. The molecular formula is C36H30F3N3O. The molecule has 0 atom stereocenters. The molecule has 0 aliphatic heterocycles. The number of nitrogens with zero attached hydrogens (tertiary/aromatic N) is 3. The SMILES string of the molecule is COc1ccc(-c2ccc(C(F)(F)F)cc2)c(-c2ccc3cc(-c4nc5ccccc5n4C4CCCCC4)ccc3n2)c1. The Morgan fingerprint density at radius 2 is 1.49 bits per heavy atom. The minimum Gasteiger partial charge on any atom is -0.497 e. The van der Waals surface area contributed by atoms with Gasteiger partial charge in [0.2, 0.25) is 0 Å². The van der Waals surface area contributed by atoms with Gasteiger partial charge >= 0.3 is 6.18 Å². The quantitative estimate of drug-likeness (QED) is 0.205. The van der Waals surface area contributed by atoms with Gasteiger partial charge in [-0.15, -0.1) is 0 Å². The van der Waals surface area contributed by atoms with Crippen LogP contribution < -0.4 is 4.74 Å². The molecule has 1 fully saturated rings. The molecule has 0 unspecified atom stereocenters. The fourth-order valence-corrected chi connectivity index (χ4v) is 6.32. The molecule has 7 heteroatoms. The van der Waals surface area contributed by atoms with Gasteiger partial charge in [-0.3, -0.25) is 0 Å². The zero-order valence-corrected chi connectivity index (χ0v) is 23.7. The Labute approximate surface area is 247 Å². The van der Waals surface area contributed by atoms with Crippen molar-refractivity contribution in [3.05, 3.63) is 103 Å². The topological polar surface area (TPSA) is 39.9 Å². The van der Waals surface area contributed by atoms with Crippen LogP contribution in [-0.2, 0) is 6.18 Å². The van der Waals surface area contributed by atoms with E-state index < -0.39 is 11.7 Å². The number of benzene rings is 4. The Morgan fingerprint density at radius 3 is 2.26 bits per heavy atom. The lowest BCUT2D eigenvalue weighted by Gasteiger charge is -2.25. The zero-order valence-electron chi connectivity index (χ0n) is 23.7. The lowest BCUT2D eigenvalue weighted by molar-refractivity contribution is -0.137. The van der Waals surface area contributed by atoms with E-state index in [1.807, 2.05) is 42.5 Å². The summed E-state index contributed by atoms with van der Waals surface area (Å²) in [7, 11) is 1.59. The van der Waals surface area contributed by atoms with Gasteiger partial charge in [-0.25, -0.2) is 9.97 Å². The van der Waals surface area contributed by atoms with Gasteiger partial charge < -0.3 is 9.30 Å². The summed E-state index contributed by atoms with van der Waals surface area (Å²) in [5.74, 6) is 1.63. The predicted molar refractivity (Wildman–Crippen MR) is 165 cm³/mol. The van der Waals surface area contributed by atoms with E-state index in [0.717, 1.165) is 63.9 Å². The molecule has 2 heterocycles. The van der Waals surface area contributed by atoms with Crippen molar-refractivity contribution in [2.75, 3.05) is 7.11 Å². The van der Waals surface area contributed by atoms with Crippen LogP contribution in [0.5, 0.6) is 5.75 Å². The summed E-state index contributed by atoms with van der Waals surface area (Å²) in [6.07, 6.45) is 1.69. The summed E-state index contributed by atoms with van der Waals surface area (Å²) in [6, 6.07) is 29.8. The Morgan fingerprint density at radius 1 is 0.721 bits per heavy atom. The van der Waals surface area contributed by atoms with Gasteiger partial charge in [0.1, 0.15) is 11.6 Å². The van der Waals surface area contributed by atoms with E-state index in [1.54, 1.807) is 7.11 Å². The van der Waals surface area contributed by atoms with E-state index in [2.05, 4.69) is 34.9 Å². The number of imidazole rings is 1. The third-order valence-corrected chi connectivity index (χ3v) is 8.51. The molecule has 4 nitrogen and oxygen atoms in total. The predicted octanol–water partition coefficient (Wildman–Crippen LogP) is 10.1. The largest absolute Gasteiger partial charge is 0.497 e. The number of aromatic nitrogens is 3. The van der Waals surface area contributed by atoms with Crippen LogP contribution in [0.25, 0.3) is 55.7 Å². The van der Waals surface area contributed by atoms with E-state index in [9.17, 15) is 13.2 Å². The van der Waals surface area contributed by atoms with E-state index in [-0.39, 0.29) is 0 Å². The Balaban J connectivity index is 1.30. The average Bonchev–Trinajstić information content (AvgIpc) is 3.44. The normalized spacial score (nSPS) is 14.4. The molecule has 216 valence electrons. The van der Waals surface area contributed by atoms with Gasteiger partial charge in [0.15, 0.2) is 0 Å². The molecule has 4 aromatic carbocycles. The molecule has 0 amide bonds. The fourth-order valence-electron chi connectivity index (χ4n) is 6.32. The van der Waals surface area contributed by atoms with Crippen molar-refractivity contribution in [2.45, 2.75) is 44.3 Å². The van der Waals surface area contributed by atoms with Crippen molar-refractivity contribution >= 4 is 21.9 Å². The van der Waals surface area contributed by atoms with Crippen molar-refractivity contribution in [1.29, 1.82) is 0 Å². The Kier molecular flexibility index (Phi) is 6.88. The third-order valence-electron chi connectivity index (χ3n) is 8.51. The van der Waals surface area contributed by atoms with Gasteiger partial charge in [0.05, 0.1) is 34.9 Å². The highest BCUT2D eigenvalue weighted by atomic mass is 19.4. The molecule has 0 saturated heterocycles. The first-order valence-electron chi connectivity index (χ1n) is 14.6. The van der Waals surface area contributed by atoms with Crippen LogP contribution in [0.2, 0.25) is 0 Å². The molecule has 0 spiro atoms. The van der Waals surface area contributed by atoms with Crippen molar-refractivity contribution in [3.8, 4) is 39.5 Å². The minimum atomic E-state index is -4.39. The third kappa shape index (κ3) is 5.13. The maximum Gasteiger partial charge on any atom is 0.416 e. The molecule has 2 aromatic heterocycles. The smallest absolute Gasteiger partial charge is 0.416 e. The first kappa shape index (κ1) is 27.2. The summed E-state index contributed by atoms with van der Waals surface area (Å²) in [5, 5.41) is 0.988. The van der Waals surface area contributed by atoms with Crippen LogP contribution in [0.1, 0.15) is 43.7 Å². The molecule has 6 aromatic rings. The van der Waals surface area contributed by atoms with Crippen LogP contribution in [0.3, 0.4) is 0 Å². The molecule has 1 aliphatic rings. The molecule has 1 aliphatic carbocycles. The zero-order chi connectivity index (χ0) is 29.6. The number of para-hydroxylation sites is 2. The maximum atomic E-state index is 13.2. The van der Waals surface area contributed by atoms with Crippen molar-refractivity contribution in [1.82, 2.24) is 14.5 Å². The summed E-state index contributed by atoms with van der Waals surface area (Å²) in [5.41, 5.74) is 6.31. The highest BCUT2D eigenvalue weighted by molar-refractivity contribution is 5.90.